The van der Waals surface area contributed by atoms with E-state index < -0.39 is 0 Å². The summed E-state index contributed by atoms with van der Waals surface area (Å²) in [6.45, 7) is 3.19. The molecule has 0 atom stereocenters. The maximum atomic E-state index is 15.0. The Morgan fingerprint density at radius 2 is 1.56 bits per heavy atom. The summed E-state index contributed by atoms with van der Waals surface area (Å²) in [5.41, 5.74) is 5.19. The van der Waals surface area contributed by atoms with Gasteiger partial charge in [0, 0.05) is 24.7 Å². The van der Waals surface area contributed by atoms with Crippen molar-refractivity contribution in [2.24, 2.45) is 0 Å². The van der Waals surface area contributed by atoms with Gasteiger partial charge in [0.2, 0.25) is 0 Å². The van der Waals surface area contributed by atoms with Crippen molar-refractivity contribution in [2.75, 3.05) is 20.1 Å². The number of halogens is 3. The fraction of sp³-hybridized carbons (Fsp3) is 0.308. The van der Waals surface area contributed by atoms with E-state index in [0.717, 1.165) is 53.7 Å². The Kier molecular flexibility index (Phi) is 7.56. The first-order chi connectivity index (χ1) is 16.0. The van der Waals surface area contributed by atoms with E-state index in [1.165, 1.54) is 12.1 Å². The van der Waals surface area contributed by atoms with Gasteiger partial charge in [-0.2, -0.15) is 15.4 Å². The van der Waals surface area contributed by atoms with Gasteiger partial charge in [-0.25, -0.2) is 8.78 Å². The molecule has 5 rings (SSSR count). The highest BCUT2D eigenvalue weighted by Gasteiger charge is 2.24. The van der Waals surface area contributed by atoms with E-state index in [0.29, 0.717) is 24.7 Å². The maximum Gasteiger partial charge on any atom is 0.127 e. The summed E-state index contributed by atoms with van der Waals surface area (Å²) in [4.78, 5) is 4.66. The summed E-state index contributed by atoms with van der Waals surface area (Å²) in [6, 6.07) is 18.1. The topological polar surface area (TPSA) is 48.0 Å². The van der Waals surface area contributed by atoms with Crippen LogP contribution in [0.1, 0.15) is 24.0 Å². The van der Waals surface area contributed by atoms with E-state index in [1.807, 2.05) is 36.4 Å². The van der Waals surface area contributed by atoms with Crippen LogP contribution in [-0.4, -0.2) is 51.4 Å². The Labute approximate surface area is 204 Å². The molecular formula is C26H28ClF2N5. The minimum absolute atomic E-state index is 0. The van der Waals surface area contributed by atoms with Crippen LogP contribution in [0, 0.1) is 11.6 Å². The average molecular weight is 484 g/mol. The van der Waals surface area contributed by atoms with E-state index in [1.54, 1.807) is 12.1 Å². The first kappa shape index (κ1) is 24.3. The van der Waals surface area contributed by atoms with Gasteiger partial charge in [0.15, 0.2) is 0 Å². The molecule has 1 saturated heterocycles. The molecule has 0 spiro atoms. The lowest BCUT2D eigenvalue weighted by atomic mass is 9.99. The van der Waals surface area contributed by atoms with Gasteiger partial charge in [-0.05, 0) is 86.1 Å². The molecule has 1 aliphatic heterocycles. The number of aromatic amines is 1. The van der Waals surface area contributed by atoms with E-state index in [9.17, 15) is 8.78 Å². The normalized spacial score (nSPS) is 15.1. The number of hydrogen-bond donors (Lipinski definition) is 1. The molecule has 8 heteroatoms. The molecule has 0 aliphatic carbocycles. The van der Waals surface area contributed by atoms with Gasteiger partial charge in [0.1, 0.15) is 22.7 Å². The minimum Gasteiger partial charge on any atom is -0.306 e. The molecule has 0 saturated carbocycles. The number of nitrogens with one attached hydrogen (secondary N) is 1. The van der Waals surface area contributed by atoms with Crippen LogP contribution >= 0.6 is 12.4 Å². The number of nitrogens with zero attached hydrogens (tertiary/aromatic N) is 4. The van der Waals surface area contributed by atoms with Crippen LogP contribution < -0.4 is 0 Å². The van der Waals surface area contributed by atoms with Crippen LogP contribution in [0.5, 0.6) is 0 Å². The Hall–Kier alpha value is -2.87. The van der Waals surface area contributed by atoms with Gasteiger partial charge in [-0.1, -0.05) is 24.3 Å². The second-order valence-corrected chi connectivity index (χ2v) is 8.90. The molecule has 178 valence electrons. The average Bonchev–Trinajstić information content (AvgIpc) is 3.30. The lowest BCUT2D eigenvalue weighted by molar-refractivity contribution is 0.107. The highest BCUT2D eigenvalue weighted by Crippen LogP contribution is 2.27. The van der Waals surface area contributed by atoms with Crippen LogP contribution in [-0.2, 0) is 13.1 Å². The second-order valence-electron chi connectivity index (χ2n) is 8.90. The lowest BCUT2D eigenvalue weighted by Gasteiger charge is -2.37. The van der Waals surface area contributed by atoms with Crippen molar-refractivity contribution in [2.45, 2.75) is 32.0 Å². The molecule has 0 unspecified atom stereocenters. The summed E-state index contributed by atoms with van der Waals surface area (Å²) >= 11 is 0. The zero-order valence-corrected chi connectivity index (χ0v) is 19.9. The van der Waals surface area contributed by atoms with Crippen molar-refractivity contribution in [3.8, 4) is 11.1 Å². The molecule has 0 bridgehead atoms. The second kappa shape index (κ2) is 10.6. The number of hydrogen-bond acceptors (Lipinski definition) is 4. The van der Waals surface area contributed by atoms with Crippen LogP contribution in [0.3, 0.4) is 0 Å². The Morgan fingerprint density at radius 3 is 2.32 bits per heavy atom. The first-order valence-electron chi connectivity index (χ1n) is 11.3. The first-order valence-corrected chi connectivity index (χ1v) is 11.3. The molecule has 5 nitrogen and oxygen atoms in total. The maximum absolute atomic E-state index is 15.0. The van der Waals surface area contributed by atoms with E-state index in [4.69, 9.17) is 0 Å². The summed E-state index contributed by atoms with van der Waals surface area (Å²) in [7, 11) is 2.13. The number of rotatable bonds is 6. The third-order valence-electron chi connectivity index (χ3n) is 6.57. The van der Waals surface area contributed by atoms with Crippen LogP contribution in [0.15, 0.2) is 60.7 Å². The van der Waals surface area contributed by atoms with Crippen molar-refractivity contribution in [3.63, 3.8) is 0 Å². The van der Waals surface area contributed by atoms with E-state index >= 15 is 0 Å². The molecule has 0 radical (unpaired) electrons. The number of aromatic nitrogens is 3. The summed E-state index contributed by atoms with van der Waals surface area (Å²) in [6.07, 6.45) is 2.06. The minimum atomic E-state index is -0.243. The molecule has 3 aromatic carbocycles. The predicted molar refractivity (Wildman–Crippen MR) is 133 cm³/mol. The van der Waals surface area contributed by atoms with Crippen LogP contribution in [0.4, 0.5) is 8.78 Å². The number of fused-ring (bicyclic) bond motifs is 1. The molecule has 1 N–H and O–H groups in total. The lowest BCUT2D eigenvalue weighted by Crippen LogP contribution is -2.43. The SMILES string of the molecule is CN1CCC(N(Cc2ccc(F)cc2)Cc2cc(-c3ccc4n[nH]nc4c3)ccc2F)CC1.Cl. The highest BCUT2D eigenvalue weighted by atomic mass is 35.5. The zero-order chi connectivity index (χ0) is 22.8. The summed E-state index contributed by atoms with van der Waals surface area (Å²) in [5.74, 6) is -0.453. The monoisotopic (exact) mass is 483 g/mol. The standard InChI is InChI=1S/C26H27F2N5.ClH/c1-32-12-10-23(11-13-32)33(16-18-2-6-22(27)7-3-18)17-21-14-19(4-8-24(21)28)20-5-9-25-26(15-20)30-31-29-25;/h2-9,14-15,23H,10-13,16-17H2,1H3,(H,29,30,31);1H. The molecule has 1 fully saturated rings. The Balaban J connectivity index is 0.00000274. The van der Waals surface area contributed by atoms with Gasteiger partial charge in [0.05, 0.1) is 0 Å². The van der Waals surface area contributed by atoms with Crippen LogP contribution in [0.25, 0.3) is 22.2 Å². The largest absolute Gasteiger partial charge is 0.306 e. The van der Waals surface area contributed by atoms with Crippen molar-refractivity contribution in [1.82, 2.24) is 25.2 Å². The Bertz CT molecular complexity index is 1240. The quantitative estimate of drug-likeness (QED) is 0.398. The van der Waals surface area contributed by atoms with Gasteiger partial charge >= 0.3 is 0 Å². The molecular weight excluding hydrogens is 456 g/mol. The summed E-state index contributed by atoms with van der Waals surface area (Å²) in [5, 5.41) is 10.9. The number of benzene rings is 3. The third-order valence-corrected chi connectivity index (χ3v) is 6.57. The van der Waals surface area contributed by atoms with Gasteiger partial charge in [0.25, 0.3) is 0 Å². The Morgan fingerprint density at radius 1 is 0.882 bits per heavy atom. The fourth-order valence-electron chi connectivity index (χ4n) is 4.61. The molecule has 1 aromatic heterocycles. The van der Waals surface area contributed by atoms with Crippen molar-refractivity contribution >= 4 is 23.4 Å². The molecule has 0 amide bonds. The fourth-order valence-corrected chi connectivity index (χ4v) is 4.61. The molecule has 34 heavy (non-hydrogen) atoms. The molecule has 1 aliphatic rings. The highest BCUT2D eigenvalue weighted by molar-refractivity contribution is 5.85. The van der Waals surface area contributed by atoms with Crippen molar-refractivity contribution in [1.29, 1.82) is 0 Å². The number of likely N-dealkylation sites (tertiary alicyclic amines) is 1. The smallest absolute Gasteiger partial charge is 0.127 e. The van der Waals surface area contributed by atoms with Crippen molar-refractivity contribution < 1.29 is 8.78 Å². The predicted octanol–water partition coefficient (Wildman–Crippen LogP) is 5.42. The zero-order valence-electron chi connectivity index (χ0n) is 19.0. The molecule has 2 heterocycles. The third kappa shape index (κ3) is 5.43. The van der Waals surface area contributed by atoms with Gasteiger partial charge in [-0.15, -0.1) is 12.4 Å². The molecule has 4 aromatic rings. The number of piperidine rings is 1. The van der Waals surface area contributed by atoms with E-state index in [-0.39, 0.29) is 24.0 Å². The van der Waals surface area contributed by atoms with Crippen LogP contribution in [0.2, 0.25) is 0 Å². The van der Waals surface area contributed by atoms with Gasteiger partial charge in [-0.3, -0.25) is 4.90 Å². The van der Waals surface area contributed by atoms with E-state index in [2.05, 4.69) is 32.3 Å². The summed E-state index contributed by atoms with van der Waals surface area (Å²) < 4.78 is 28.4. The van der Waals surface area contributed by atoms with Gasteiger partial charge < -0.3 is 4.90 Å². The van der Waals surface area contributed by atoms with Crippen molar-refractivity contribution in [3.05, 3.63) is 83.4 Å². The number of H-pyrrole nitrogens is 1.